The molecule has 0 bridgehead atoms. The molecule has 2 unspecified atom stereocenters. The van der Waals surface area contributed by atoms with E-state index in [9.17, 15) is 0 Å². The summed E-state index contributed by atoms with van der Waals surface area (Å²) in [4.78, 5) is 0. The van der Waals surface area contributed by atoms with E-state index in [2.05, 4.69) is 49.5 Å². The van der Waals surface area contributed by atoms with E-state index in [0.717, 1.165) is 5.92 Å². The van der Waals surface area contributed by atoms with Gasteiger partial charge in [0.1, 0.15) is 0 Å². The molecule has 0 aliphatic heterocycles. The molecule has 0 heterocycles. The molecular weight excluding hydrogens is 230 g/mol. The van der Waals surface area contributed by atoms with E-state index in [1.807, 2.05) is 0 Å². The lowest BCUT2D eigenvalue weighted by atomic mass is 9.95. The van der Waals surface area contributed by atoms with Crippen LogP contribution < -0.4 is 5.32 Å². The maximum absolute atomic E-state index is 3.91. The van der Waals surface area contributed by atoms with Crippen LogP contribution >= 0.6 is 0 Å². The molecule has 1 nitrogen and oxygen atoms in total. The molecule has 2 atom stereocenters. The van der Waals surface area contributed by atoms with Gasteiger partial charge in [-0.25, -0.2) is 0 Å². The molecule has 1 saturated carbocycles. The first-order valence-electron chi connectivity index (χ1n) is 8.12. The predicted octanol–water partition coefficient (Wildman–Crippen LogP) is 5.09. The molecule has 1 N–H and O–H groups in total. The van der Waals surface area contributed by atoms with Crippen LogP contribution in [-0.2, 0) is 0 Å². The van der Waals surface area contributed by atoms with Crippen LogP contribution in [-0.4, -0.2) is 6.04 Å². The highest BCUT2D eigenvalue weighted by atomic mass is 15.0. The maximum Gasteiger partial charge on any atom is 0.0322 e. The van der Waals surface area contributed by atoms with E-state index in [4.69, 9.17) is 0 Å². The van der Waals surface area contributed by atoms with Gasteiger partial charge in [0, 0.05) is 12.1 Å². The number of unbranched alkanes of at least 4 members (excludes halogenated alkanes) is 1. The van der Waals surface area contributed by atoms with Crippen LogP contribution in [0.25, 0.3) is 0 Å². The largest absolute Gasteiger partial charge is 0.307 e. The molecule has 0 amide bonds. The summed E-state index contributed by atoms with van der Waals surface area (Å²) in [5.41, 5.74) is 1.46. The van der Waals surface area contributed by atoms with Crippen molar-refractivity contribution in [1.82, 2.24) is 5.32 Å². The maximum atomic E-state index is 3.91. The summed E-state index contributed by atoms with van der Waals surface area (Å²) in [6, 6.07) is 12.2. The zero-order valence-electron chi connectivity index (χ0n) is 12.6. The van der Waals surface area contributed by atoms with Crippen molar-refractivity contribution in [2.75, 3.05) is 0 Å². The van der Waals surface area contributed by atoms with Crippen molar-refractivity contribution in [3.63, 3.8) is 0 Å². The highest BCUT2D eigenvalue weighted by molar-refractivity contribution is 5.19. The van der Waals surface area contributed by atoms with Crippen LogP contribution in [0.15, 0.2) is 30.3 Å². The molecule has 1 aliphatic carbocycles. The van der Waals surface area contributed by atoms with E-state index in [1.165, 1.54) is 50.5 Å². The van der Waals surface area contributed by atoms with Gasteiger partial charge in [-0.1, -0.05) is 62.9 Å². The molecule has 19 heavy (non-hydrogen) atoms. The number of hydrogen-bond donors (Lipinski definition) is 1. The second kappa shape index (κ2) is 7.69. The van der Waals surface area contributed by atoms with Crippen molar-refractivity contribution in [1.29, 1.82) is 0 Å². The second-order valence-electron chi connectivity index (χ2n) is 6.11. The highest BCUT2D eigenvalue weighted by Gasteiger charge is 2.23. The fraction of sp³-hybridized carbons (Fsp3) is 0.667. The second-order valence-corrected chi connectivity index (χ2v) is 6.11. The monoisotopic (exact) mass is 259 g/mol. The number of rotatable bonds is 7. The SMILES string of the molecule is CCCCC(NC(C)C1CCCC1)c1ccccc1. The van der Waals surface area contributed by atoms with Gasteiger partial charge in [0.25, 0.3) is 0 Å². The van der Waals surface area contributed by atoms with Gasteiger partial charge in [-0.05, 0) is 37.7 Å². The summed E-state index contributed by atoms with van der Waals surface area (Å²) >= 11 is 0. The molecule has 1 aliphatic rings. The zero-order valence-corrected chi connectivity index (χ0v) is 12.6. The van der Waals surface area contributed by atoms with Gasteiger partial charge in [-0.15, -0.1) is 0 Å². The minimum atomic E-state index is 0.539. The summed E-state index contributed by atoms with van der Waals surface area (Å²) < 4.78 is 0. The van der Waals surface area contributed by atoms with Gasteiger partial charge in [0.2, 0.25) is 0 Å². The Morgan fingerprint density at radius 1 is 1.16 bits per heavy atom. The summed E-state index contributed by atoms with van der Waals surface area (Å²) in [6.45, 7) is 4.67. The molecule has 0 spiro atoms. The van der Waals surface area contributed by atoms with E-state index < -0.39 is 0 Å². The molecule has 0 aromatic heterocycles. The van der Waals surface area contributed by atoms with Crippen LogP contribution in [0.1, 0.15) is 70.4 Å². The van der Waals surface area contributed by atoms with Crippen LogP contribution in [0.3, 0.4) is 0 Å². The van der Waals surface area contributed by atoms with E-state index in [-0.39, 0.29) is 0 Å². The fourth-order valence-electron chi connectivity index (χ4n) is 3.35. The third-order valence-corrected chi connectivity index (χ3v) is 4.62. The Morgan fingerprint density at radius 3 is 2.47 bits per heavy atom. The molecule has 0 saturated heterocycles. The quantitative estimate of drug-likeness (QED) is 0.719. The van der Waals surface area contributed by atoms with Gasteiger partial charge in [0.15, 0.2) is 0 Å². The topological polar surface area (TPSA) is 12.0 Å². The van der Waals surface area contributed by atoms with Gasteiger partial charge in [-0.3, -0.25) is 0 Å². The Kier molecular flexibility index (Phi) is 5.91. The van der Waals surface area contributed by atoms with E-state index in [1.54, 1.807) is 0 Å². The Hall–Kier alpha value is -0.820. The first kappa shape index (κ1) is 14.6. The van der Waals surface area contributed by atoms with Crippen molar-refractivity contribution in [3.8, 4) is 0 Å². The van der Waals surface area contributed by atoms with Crippen molar-refractivity contribution in [2.24, 2.45) is 5.92 Å². The van der Waals surface area contributed by atoms with Gasteiger partial charge in [0.05, 0.1) is 0 Å². The van der Waals surface area contributed by atoms with Crippen molar-refractivity contribution in [3.05, 3.63) is 35.9 Å². The Bertz CT molecular complexity index is 340. The Morgan fingerprint density at radius 2 is 1.84 bits per heavy atom. The lowest BCUT2D eigenvalue weighted by Crippen LogP contribution is -2.35. The van der Waals surface area contributed by atoms with E-state index >= 15 is 0 Å². The molecule has 1 heteroatoms. The summed E-state index contributed by atoms with van der Waals surface area (Å²) in [6.07, 6.45) is 9.56. The van der Waals surface area contributed by atoms with Gasteiger partial charge < -0.3 is 5.32 Å². The first-order chi connectivity index (χ1) is 9.31. The molecule has 106 valence electrons. The van der Waals surface area contributed by atoms with Crippen molar-refractivity contribution >= 4 is 0 Å². The molecule has 2 rings (SSSR count). The van der Waals surface area contributed by atoms with Crippen LogP contribution in [0.5, 0.6) is 0 Å². The molecular formula is C18H29N. The fourth-order valence-corrected chi connectivity index (χ4v) is 3.35. The van der Waals surface area contributed by atoms with Crippen LogP contribution in [0.2, 0.25) is 0 Å². The van der Waals surface area contributed by atoms with Gasteiger partial charge >= 0.3 is 0 Å². The Labute approximate surface area is 118 Å². The number of nitrogens with one attached hydrogen (secondary N) is 1. The molecule has 1 fully saturated rings. The summed E-state index contributed by atoms with van der Waals surface area (Å²) in [5, 5.41) is 3.91. The Balaban J connectivity index is 1.96. The van der Waals surface area contributed by atoms with Crippen LogP contribution in [0, 0.1) is 5.92 Å². The van der Waals surface area contributed by atoms with Crippen LogP contribution in [0.4, 0.5) is 0 Å². The highest BCUT2D eigenvalue weighted by Crippen LogP contribution is 2.29. The minimum Gasteiger partial charge on any atom is -0.307 e. The molecule has 1 aromatic rings. The smallest absolute Gasteiger partial charge is 0.0322 e. The first-order valence-corrected chi connectivity index (χ1v) is 8.12. The number of hydrogen-bond acceptors (Lipinski definition) is 1. The predicted molar refractivity (Wildman–Crippen MR) is 83.3 cm³/mol. The minimum absolute atomic E-state index is 0.539. The average Bonchev–Trinajstić information content (AvgIpc) is 2.98. The zero-order chi connectivity index (χ0) is 13.5. The summed E-state index contributed by atoms with van der Waals surface area (Å²) in [5.74, 6) is 0.896. The lowest BCUT2D eigenvalue weighted by Gasteiger charge is -2.27. The summed E-state index contributed by atoms with van der Waals surface area (Å²) in [7, 11) is 0. The average molecular weight is 259 g/mol. The third kappa shape index (κ3) is 4.35. The van der Waals surface area contributed by atoms with E-state index in [0.29, 0.717) is 12.1 Å². The normalized spacial score (nSPS) is 19.5. The van der Waals surface area contributed by atoms with Gasteiger partial charge in [-0.2, -0.15) is 0 Å². The lowest BCUT2D eigenvalue weighted by molar-refractivity contribution is 0.331. The molecule has 0 radical (unpaired) electrons. The number of benzene rings is 1. The standard InChI is InChI=1S/C18H29N/c1-3-4-14-18(17-12-6-5-7-13-17)19-15(2)16-10-8-9-11-16/h5-7,12-13,15-16,18-19H,3-4,8-11,14H2,1-2H3. The third-order valence-electron chi connectivity index (χ3n) is 4.62. The molecule has 1 aromatic carbocycles. The van der Waals surface area contributed by atoms with Crippen molar-refractivity contribution in [2.45, 2.75) is 70.9 Å². The van der Waals surface area contributed by atoms with Crippen molar-refractivity contribution < 1.29 is 0 Å².